The second-order valence-electron chi connectivity index (χ2n) is 6.99. The summed E-state index contributed by atoms with van der Waals surface area (Å²) in [4.78, 5) is 0. The molecule has 0 bridgehead atoms. The molecule has 1 aliphatic rings. The Balaban J connectivity index is 1.71. The van der Waals surface area contributed by atoms with Gasteiger partial charge in [0, 0.05) is 6.04 Å². The van der Waals surface area contributed by atoms with Crippen molar-refractivity contribution in [1.29, 1.82) is 0 Å². The van der Waals surface area contributed by atoms with Crippen molar-refractivity contribution in [2.75, 3.05) is 20.8 Å². The number of aryl methyl sites for hydroxylation is 1. The quantitative estimate of drug-likeness (QED) is 0.584. The monoisotopic (exact) mass is 333 g/mol. The highest BCUT2D eigenvalue weighted by atomic mass is 16.5. The summed E-state index contributed by atoms with van der Waals surface area (Å²) >= 11 is 0. The van der Waals surface area contributed by atoms with Gasteiger partial charge in [0.05, 0.1) is 14.2 Å². The Hall–Kier alpha value is -1.22. The Labute approximate surface area is 148 Å². The largest absolute Gasteiger partial charge is 0.493 e. The summed E-state index contributed by atoms with van der Waals surface area (Å²) in [6.45, 7) is 3.43. The Bertz CT molecular complexity index is 487. The lowest BCUT2D eigenvalue weighted by atomic mass is 9.87. The average molecular weight is 334 g/mol. The highest BCUT2D eigenvalue weighted by Crippen LogP contribution is 2.34. The molecule has 0 saturated carbocycles. The summed E-state index contributed by atoms with van der Waals surface area (Å²) in [6, 6.07) is 4.92. The molecule has 136 valence electrons. The van der Waals surface area contributed by atoms with E-state index in [-0.39, 0.29) is 0 Å². The molecule has 0 aromatic heterocycles. The Morgan fingerprint density at radius 1 is 0.917 bits per heavy atom. The minimum atomic E-state index is 0.607. The Morgan fingerprint density at radius 2 is 1.54 bits per heavy atom. The lowest BCUT2D eigenvalue weighted by molar-refractivity contribution is 0.352. The number of nitrogens with one attached hydrogen (secondary N) is 1. The third-order valence-corrected chi connectivity index (χ3v) is 5.15. The standard InChI is InChI=1S/C21H35NO2/c1-4-5-6-7-8-9-10-13-22-19-12-11-17-15-20(23-2)21(24-3)16-18(17)14-19/h15-16,19,22H,4-14H2,1-3H3/t19-/m1/s1. The number of rotatable bonds is 11. The topological polar surface area (TPSA) is 30.5 Å². The molecule has 1 aromatic rings. The van der Waals surface area contributed by atoms with Crippen LogP contribution in [-0.4, -0.2) is 26.8 Å². The van der Waals surface area contributed by atoms with E-state index in [0.29, 0.717) is 6.04 Å². The lowest BCUT2D eigenvalue weighted by Crippen LogP contribution is -2.35. The highest BCUT2D eigenvalue weighted by molar-refractivity contribution is 5.48. The van der Waals surface area contributed by atoms with E-state index in [2.05, 4.69) is 24.4 Å². The van der Waals surface area contributed by atoms with Gasteiger partial charge in [-0.25, -0.2) is 0 Å². The molecule has 0 amide bonds. The second kappa shape index (κ2) is 10.6. The zero-order chi connectivity index (χ0) is 17.2. The van der Waals surface area contributed by atoms with Gasteiger partial charge in [0.2, 0.25) is 0 Å². The maximum atomic E-state index is 5.45. The molecule has 3 nitrogen and oxygen atoms in total. The van der Waals surface area contributed by atoms with Crippen molar-refractivity contribution in [2.24, 2.45) is 0 Å². The van der Waals surface area contributed by atoms with Crippen molar-refractivity contribution < 1.29 is 9.47 Å². The normalized spacial score (nSPS) is 16.7. The maximum absolute atomic E-state index is 5.45. The zero-order valence-corrected chi connectivity index (χ0v) is 15.8. The van der Waals surface area contributed by atoms with Gasteiger partial charge < -0.3 is 14.8 Å². The van der Waals surface area contributed by atoms with Crippen molar-refractivity contribution in [3.63, 3.8) is 0 Å². The molecular formula is C21H35NO2. The molecule has 0 spiro atoms. The van der Waals surface area contributed by atoms with Gasteiger partial charge in [-0.05, 0) is 55.5 Å². The van der Waals surface area contributed by atoms with Crippen LogP contribution in [0.3, 0.4) is 0 Å². The first-order valence-corrected chi connectivity index (χ1v) is 9.75. The van der Waals surface area contributed by atoms with E-state index in [4.69, 9.17) is 9.47 Å². The SMILES string of the molecule is CCCCCCCCCN[C@@H]1CCc2cc(OC)c(OC)cc2C1. The van der Waals surface area contributed by atoms with Crippen LogP contribution in [0, 0.1) is 0 Å². The third-order valence-electron chi connectivity index (χ3n) is 5.15. The number of ether oxygens (including phenoxy) is 2. The fourth-order valence-corrected chi connectivity index (χ4v) is 3.65. The molecule has 0 saturated heterocycles. The molecule has 1 atom stereocenters. The lowest BCUT2D eigenvalue weighted by Gasteiger charge is -2.26. The van der Waals surface area contributed by atoms with Crippen LogP contribution in [-0.2, 0) is 12.8 Å². The fraction of sp³-hybridized carbons (Fsp3) is 0.714. The molecule has 0 unspecified atom stereocenters. The average Bonchev–Trinajstić information content (AvgIpc) is 2.62. The van der Waals surface area contributed by atoms with E-state index in [1.807, 2.05) is 0 Å². The van der Waals surface area contributed by atoms with Gasteiger partial charge in [-0.15, -0.1) is 0 Å². The number of hydrogen-bond acceptors (Lipinski definition) is 3. The molecule has 0 fully saturated rings. The van der Waals surface area contributed by atoms with E-state index >= 15 is 0 Å². The van der Waals surface area contributed by atoms with E-state index in [9.17, 15) is 0 Å². The molecule has 2 rings (SSSR count). The van der Waals surface area contributed by atoms with Gasteiger partial charge in [-0.2, -0.15) is 0 Å². The summed E-state index contributed by atoms with van der Waals surface area (Å²) in [5.41, 5.74) is 2.83. The number of fused-ring (bicyclic) bond motifs is 1. The predicted molar refractivity (Wildman–Crippen MR) is 101 cm³/mol. The van der Waals surface area contributed by atoms with Crippen molar-refractivity contribution in [1.82, 2.24) is 5.32 Å². The molecule has 1 N–H and O–H groups in total. The van der Waals surface area contributed by atoms with Gasteiger partial charge in [-0.1, -0.05) is 45.4 Å². The van der Waals surface area contributed by atoms with E-state index in [1.54, 1.807) is 14.2 Å². The molecule has 0 radical (unpaired) electrons. The maximum Gasteiger partial charge on any atom is 0.161 e. The molecule has 0 aliphatic heterocycles. The summed E-state index contributed by atoms with van der Waals surface area (Å²) in [5.74, 6) is 1.70. The van der Waals surface area contributed by atoms with Gasteiger partial charge >= 0.3 is 0 Å². The van der Waals surface area contributed by atoms with Crippen LogP contribution >= 0.6 is 0 Å². The predicted octanol–water partition coefficient (Wildman–Crippen LogP) is 4.90. The van der Waals surface area contributed by atoms with Crippen LogP contribution in [0.2, 0.25) is 0 Å². The van der Waals surface area contributed by atoms with Crippen molar-refractivity contribution in [3.8, 4) is 11.5 Å². The van der Waals surface area contributed by atoms with E-state index < -0.39 is 0 Å². The van der Waals surface area contributed by atoms with Crippen molar-refractivity contribution in [3.05, 3.63) is 23.3 Å². The highest BCUT2D eigenvalue weighted by Gasteiger charge is 2.20. The Morgan fingerprint density at radius 3 is 2.21 bits per heavy atom. The number of hydrogen-bond donors (Lipinski definition) is 1. The number of methoxy groups -OCH3 is 2. The van der Waals surface area contributed by atoms with Gasteiger partial charge in [0.25, 0.3) is 0 Å². The molecule has 0 heterocycles. The fourth-order valence-electron chi connectivity index (χ4n) is 3.65. The first-order chi connectivity index (χ1) is 11.8. The van der Waals surface area contributed by atoms with Crippen LogP contribution in [0.1, 0.15) is 69.4 Å². The van der Waals surface area contributed by atoms with Crippen LogP contribution in [0.25, 0.3) is 0 Å². The van der Waals surface area contributed by atoms with Crippen LogP contribution in [0.4, 0.5) is 0 Å². The van der Waals surface area contributed by atoms with Crippen LogP contribution in [0.15, 0.2) is 12.1 Å². The van der Waals surface area contributed by atoms with Crippen LogP contribution < -0.4 is 14.8 Å². The number of unbranched alkanes of at least 4 members (excludes halogenated alkanes) is 6. The second-order valence-corrected chi connectivity index (χ2v) is 6.99. The summed E-state index contributed by atoms with van der Waals surface area (Å²) < 4.78 is 10.9. The minimum absolute atomic E-state index is 0.607. The zero-order valence-electron chi connectivity index (χ0n) is 15.8. The molecule has 1 aromatic carbocycles. The van der Waals surface area contributed by atoms with E-state index in [1.165, 1.54) is 62.5 Å². The molecule has 1 aliphatic carbocycles. The van der Waals surface area contributed by atoms with E-state index in [0.717, 1.165) is 30.9 Å². The summed E-state index contributed by atoms with van der Waals surface area (Å²) in [7, 11) is 3.42. The minimum Gasteiger partial charge on any atom is -0.493 e. The van der Waals surface area contributed by atoms with Crippen LogP contribution in [0.5, 0.6) is 11.5 Å². The smallest absolute Gasteiger partial charge is 0.161 e. The first-order valence-electron chi connectivity index (χ1n) is 9.75. The molecule has 3 heteroatoms. The first kappa shape index (κ1) is 19.1. The van der Waals surface area contributed by atoms with Crippen molar-refractivity contribution >= 4 is 0 Å². The van der Waals surface area contributed by atoms with Gasteiger partial charge in [-0.3, -0.25) is 0 Å². The van der Waals surface area contributed by atoms with Crippen molar-refractivity contribution in [2.45, 2.75) is 77.2 Å². The third kappa shape index (κ3) is 5.70. The Kier molecular flexibility index (Phi) is 8.44. The van der Waals surface area contributed by atoms with Gasteiger partial charge in [0.1, 0.15) is 0 Å². The summed E-state index contributed by atoms with van der Waals surface area (Å²) in [6.07, 6.45) is 13.1. The number of benzene rings is 1. The summed E-state index contributed by atoms with van der Waals surface area (Å²) in [5, 5.41) is 3.76. The molecule has 24 heavy (non-hydrogen) atoms. The molecular weight excluding hydrogens is 298 g/mol. The van der Waals surface area contributed by atoms with Gasteiger partial charge in [0.15, 0.2) is 11.5 Å².